The summed E-state index contributed by atoms with van der Waals surface area (Å²) >= 11 is 0. The maximum Gasteiger partial charge on any atom is 0.243 e. The molecule has 0 bridgehead atoms. The molecule has 26 nitrogen and oxygen atoms in total. The summed E-state index contributed by atoms with van der Waals surface area (Å²) in [5, 5.41) is 24.9. The van der Waals surface area contributed by atoms with Crippen LogP contribution in [0.4, 0.5) is 0 Å². The molecule has 5 rings (SSSR count). The van der Waals surface area contributed by atoms with E-state index in [4.69, 9.17) is 17.2 Å². The molecule has 10 amide bonds. The number of fused-ring (bicyclic) bond motifs is 1. The highest BCUT2D eigenvalue weighted by molar-refractivity contribution is 5.99. The maximum absolute atomic E-state index is 14.9. The minimum atomic E-state index is -1.53. The molecule has 2 aromatic heterocycles. The number of amides is 10. The average molecular weight is 1100 g/mol. The van der Waals surface area contributed by atoms with Crippen LogP contribution in [-0.2, 0) is 67.2 Å². The van der Waals surface area contributed by atoms with E-state index in [0.29, 0.717) is 22.2 Å². The number of benzene rings is 2. The van der Waals surface area contributed by atoms with Crippen molar-refractivity contribution in [3.8, 4) is 0 Å². The van der Waals surface area contributed by atoms with E-state index >= 15 is 0 Å². The predicted octanol–water partition coefficient (Wildman–Crippen LogP) is -2.03. The van der Waals surface area contributed by atoms with Gasteiger partial charge in [0.15, 0.2) is 5.96 Å². The van der Waals surface area contributed by atoms with Crippen LogP contribution in [0.2, 0.25) is 0 Å². The zero-order chi connectivity index (χ0) is 57.6. The van der Waals surface area contributed by atoms with Gasteiger partial charge in [-0.05, 0) is 54.7 Å². The molecule has 0 saturated carbocycles. The average Bonchev–Trinajstić information content (AvgIpc) is 4.14. The second-order valence-electron chi connectivity index (χ2n) is 20.0. The molecule has 0 unspecified atom stereocenters. The highest BCUT2D eigenvalue weighted by Gasteiger charge is 2.36. The van der Waals surface area contributed by atoms with Crippen molar-refractivity contribution in [2.75, 3.05) is 19.6 Å². The third kappa shape index (κ3) is 19.6. The molecule has 426 valence electrons. The van der Waals surface area contributed by atoms with E-state index in [1.165, 1.54) is 12.5 Å². The van der Waals surface area contributed by atoms with Crippen LogP contribution in [0.1, 0.15) is 83.0 Å². The van der Waals surface area contributed by atoms with Gasteiger partial charge in [0.1, 0.15) is 42.3 Å². The van der Waals surface area contributed by atoms with Gasteiger partial charge in [-0.15, -0.1) is 0 Å². The number of H-pyrrole nitrogens is 2. The molecule has 26 heteroatoms. The SMILES string of the molecule is CC(C)[C@H](NC(=O)[C@@H]1CCC(=O)NCCCC(=O)N[C@H](Cc2cnc[nH]2)C(=O)N[C@@H](Cc2ccccc2)C(=O)N[C@H](CCCN=C(N)N)C(=O)N[C@@H](Cc2c[nH]c3ccccc23)C(=O)N1)C(=O)N[C@H](C(=O)NCC(N)=O)C(C)C. The van der Waals surface area contributed by atoms with Crippen LogP contribution in [-0.4, -0.2) is 142 Å². The van der Waals surface area contributed by atoms with E-state index < -0.39 is 120 Å². The number of aromatic nitrogens is 3. The van der Waals surface area contributed by atoms with Crippen LogP contribution in [0.3, 0.4) is 0 Å². The Morgan fingerprint density at radius 2 is 1.30 bits per heavy atom. The smallest absolute Gasteiger partial charge is 0.243 e. The number of guanidine groups is 1. The fourth-order valence-electron chi connectivity index (χ4n) is 8.70. The number of para-hydroxylation sites is 1. The second kappa shape index (κ2) is 30.2. The lowest BCUT2D eigenvalue weighted by Gasteiger charge is -2.29. The van der Waals surface area contributed by atoms with Crippen molar-refractivity contribution in [2.45, 2.75) is 128 Å². The van der Waals surface area contributed by atoms with Crippen molar-refractivity contribution in [2.24, 2.45) is 34.0 Å². The van der Waals surface area contributed by atoms with Gasteiger partial charge < -0.3 is 75.0 Å². The minimum absolute atomic E-state index is 0.00229. The summed E-state index contributed by atoms with van der Waals surface area (Å²) in [6.45, 7) is 6.17. The highest BCUT2D eigenvalue weighted by Crippen LogP contribution is 2.20. The number of nitrogens with one attached hydrogen (secondary N) is 11. The topological polar surface area (TPSA) is 414 Å². The molecule has 2 aromatic carbocycles. The van der Waals surface area contributed by atoms with Crippen LogP contribution in [0.15, 0.2) is 78.3 Å². The lowest BCUT2D eigenvalue weighted by Crippen LogP contribution is -2.61. The molecule has 1 fully saturated rings. The molecular weight excluding hydrogens is 1020 g/mol. The Labute approximate surface area is 456 Å². The lowest BCUT2D eigenvalue weighted by atomic mass is 9.98. The minimum Gasteiger partial charge on any atom is -0.370 e. The summed E-state index contributed by atoms with van der Waals surface area (Å²) in [7, 11) is 0. The summed E-state index contributed by atoms with van der Waals surface area (Å²) in [4.78, 5) is 153. The van der Waals surface area contributed by atoms with Crippen LogP contribution >= 0.6 is 0 Å². The van der Waals surface area contributed by atoms with Crippen molar-refractivity contribution in [1.82, 2.24) is 62.8 Å². The Balaban J connectivity index is 1.54. The van der Waals surface area contributed by atoms with Gasteiger partial charge >= 0.3 is 0 Å². The normalized spacial score (nSPS) is 20.1. The molecule has 3 heterocycles. The molecule has 0 aliphatic carbocycles. The van der Waals surface area contributed by atoms with E-state index in [1.807, 2.05) is 18.2 Å². The quantitative estimate of drug-likeness (QED) is 0.0274. The summed E-state index contributed by atoms with van der Waals surface area (Å²) in [6, 6.07) is 6.64. The van der Waals surface area contributed by atoms with Gasteiger partial charge in [-0.2, -0.15) is 0 Å². The van der Waals surface area contributed by atoms with Crippen LogP contribution in [0.5, 0.6) is 0 Å². The molecular formula is C53H74N16O10. The summed E-state index contributed by atoms with van der Waals surface area (Å²) in [5.74, 6) is -8.77. The van der Waals surface area contributed by atoms with Gasteiger partial charge in [-0.3, -0.25) is 52.9 Å². The number of nitrogens with two attached hydrogens (primary N) is 3. The third-order valence-corrected chi connectivity index (χ3v) is 13.0. The number of hydrogen-bond acceptors (Lipinski definition) is 12. The molecule has 1 aliphatic rings. The number of carbonyl (C=O) groups excluding carboxylic acids is 10. The molecule has 0 radical (unpaired) electrons. The first-order valence-corrected chi connectivity index (χ1v) is 26.2. The first kappa shape index (κ1) is 61.0. The van der Waals surface area contributed by atoms with Crippen LogP contribution < -0.4 is 65.1 Å². The Morgan fingerprint density at radius 3 is 1.96 bits per heavy atom. The van der Waals surface area contributed by atoms with Crippen molar-refractivity contribution in [3.05, 3.63) is 90.1 Å². The zero-order valence-corrected chi connectivity index (χ0v) is 44.8. The van der Waals surface area contributed by atoms with Gasteiger partial charge in [0, 0.05) is 74.2 Å². The van der Waals surface area contributed by atoms with Gasteiger partial charge in [-0.25, -0.2) is 4.98 Å². The molecule has 17 N–H and O–H groups in total. The number of imidazole rings is 1. The number of primary amides is 1. The lowest BCUT2D eigenvalue weighted by molar-refractivity contribution is -0.136. The molecule has 1 saturated heterocycles. The Kier molecular flexibility index (Phi) is 23.3. The van der Waals surface area contributed by atoms with E-state index in [2.05, 4.69) is 67.8 Å². The molecule has 7 atom stereocenters. The Bertz CT molecular complexity index is 2780. The number of nitrogens with zero attached hydrogens (tertiary/aromatic N) is 2. The van der Waals surface area contributed by atoms with Crippen molar-refractivity contribution >= 4 is 75.9 Å². The fraction of sp³-hybridized carbons (Fsp3) is 0.472. The maximum atomic E-state index is 14.9. The first-order chi connectivity index (χ1) is 37.7. The predicted molar refractivity (Wildman–Crippen MR) is 291 cm³/mol. The van der Waals surface area contributed by atoms with Crippen LogP contribution in [0, 0.1) is 11.8 Å². The van der Waals surface area contributed by atoms with E-state index in [1.54, 1.807) is 70.3 Å². The Hall–Kier alpha value is -8.84. The fourth-order valence-corrected chi connectivity index (χ4v) is 8.70. The zero-order valence-electron chi connectivity index (χ0n) is 44.8. The van der Waals surface area contributed by atoms with E-state index in [9.17, 15) is 47.9 Å². The first-order valence-electron chi connectivity index (χ1n) is 26.2. The summed E-state index contributed by atoms with van der Waals surface area (Å²) in [5.41, 5.74) is 18.9. The molecule has 0 spiro atoms. The number of hydrogen-bond donors (Lipinski definition) is 14. The Morgan fingerprint density at radius 1 is 0.684 bits per heavy atom. The second-order valence-corrected chi connectivity index (χ2v) is 20.0. The van der Waals surface area contributed by atoms with Crippen molar-refractivity contribution in [3.63, 3.8) is 0 Å². The van der Waals surface area contributed by atoms with E-state index in [0.717, 1.165) is 5.52 Å². The summed E-state index contributed by atoms with van der Waals surface area (Å²) in [6.07, 6.45) is 3.67. The molecule has 1 aliphatic heterocycles. The van der Waals surface area contributed by atoms with Crippen molar-refractivity contribution in [1.29, 1.82) is 0 Å². The number of aromatic amines is 2. The van der Waals surface area contributed by atoms with Crippen LogP contribution in [0.25, 0.3) is 10.9 Å². The van der Waals surface area contributed by atoms with E-state index in [-0.39, 0.29) is 76.8 Å². The largest absolute Gasteiger partial charge is 0.370 e. The number of rotatable bonds is 19. The van der Waals surface area contributed by atoms with Gasteiger partial charge in [0.25, 0.3) is 0 Å². The molecule has 79 heavy (non-hydrogen) atoms. The number of carbonyl (C=O) groups is 10. The van der Waals surface area contributed by atoms with Crippen molar-refractivity contribution < 1.29 is 47.9 Å². The summed E-state index contributed by atoms with van der Waals surface area (Å²) < 4.78 is 0. The van der Waals surface area contributed by atoms with Gasteiger partial charge in [0.05, 0.1) is 12.9 Å². The van der Waals surface area contributed by atoms with Gasteiger partial charge in [-0.1, -0.05) is 76.2 Å². The molecule has 4 aromatic rings. The monoisotopic (exact) mass is 1090 g/mol. The third-order valence-electron chi connectivity index (χ3n) is 13.0. The number of aliphatic imine (C=N–C) groups is 1. The highest BCUT2D eigenvalue weighted by atomic mass is 16.2. The van der Waals surface area contributed by atoms with Gasteiger partial charge in [0.2, 0.25) is 59.1 Å². The standard InChI is InChI=1S/C53H74N16O10/c1-29(2)44(51(78)61-27-41(54)70)69-52(79)45(30(3)4)68-47(74)37-18-19-42(71)58-20-11-17-43(72)63-40(24-33-26-57-28-62-33)50(77)66-38(22-31-12-6-5-7-13-31)48(75)64-36(16-10-21-59-53(55)56)46(73)67-39(49(76)65-37)23-32-25-60-35-15-9-8-14-34(32)35/h5-9,12-15,25-26,28-30,36-40,44-45,60H,10-11,16-24,27H2,1-4H3,(H2,54,70)(H,57,62)(H,58,71)(H,61,78)(H,63,72)(H,64,75)(H,65,76)(H,66,77)(H,67,73)(H,68,74)(H,69,79)(H4,55,56,59)/t36-,37+,38+,39+,40-,44+,45+/m1/s1.